The smallest absolute Gasteiger partial charge is 0.123 e. The van der Waals surface area contributed by atoms with Crippen LogP contribution >= 0.6 is 0 Å². The fourth-order valence-corrected chi connectivity index (χ4v) is 7.36. The predicted octanol–water partition coefficient (Wildman–Crippen LogP) is 11.1. The minimum absolute atomic E-state index is 0.157. The third kappa shape index (κ3) is 6.09. The molecule has 0 amide bonds. The van der Waals surface area contributed by atoms with Crippen LogP contribution in [-0.4, -0.2) is 46.4 Å². The molecule has 2 aliphatic heterocycles. The predicted molar refractivity (Wildman–Crippen MR) is 222 cm³/mol. The maximum Gasteiger partial charge on any atom is 0.123 e. The van der Waals surface area contributed by atoms with Crippen molar-refractivity contribution in [3.05, 3.63) is 144 Å². The molecule has 268 valence electrons. The van der Waals surface area contributed by atoms with E-state index in [2.05, 4.69) is 52.5 Å². The zero-order chi connectivity index (χ0) is 37.5. The highest BCUT2D eigenvalue weighted by Gasteiger charge is 2.20. The van der Waals surface area contributed by atoms with Crippen molar-refractivity contribution in [3.8, 4) is 67.5 Å². The van der Waals surface area contributed by atoms with Gasteiger partial charge < -0.3 is 29.3 Å². The highest BCUT2D eigenvalue weighted by atomic mass is 16.5. The van der Waals surface area contributed by atoms with Crippen molar-refractivity contribution in [1.82, 2.24) is 19.9 Å². The molecule has 2 aliphatic rings. The number of para-hydroxylation sites is 1. The number of hydrogen-bond acceptors (Lipinski definition) is 6. The minimum Gasteiger partial charge on any atom is -0.507 e. The quantitative estimate of drug-likeness (QED) is 0.151. The summed E-state index contributed by atoms with van der Waals surface area (Å²) >= 11 is 0. The van der Waals surface area contributed by atoms with Crippen molar-refractivity contribution in [2.45, 2.75) is 0 Å². The van der Waals surface area contributed by atoms with Gasteiger partial charge in [0.2, 0.25) is 0 Å². The van der Waals surface area contributed by atoms with Crippen LogP contribution in [0.1, 0.15) is 22.8 Å². The Hall–Kier alpha value is -7.32. The Morgan fingerprint density at radius 1 is 0.400 bits per heavy atom. The fraction of sp³-hybridized carbons (Fsp3) is 0.0638. The molecule has 0 aliphatic carbocycles. The van der Waals surface area contributed by atoms with Crippen LogP contribution in [0.5, 0.6) is 23.0 Å². The molecule has 0 spiro atoms. The van der Waals surface area contributed by atoms with Gasteiger partial charge in [0.15, 0.2) is 0 Å². The van der Waals surface area contributed by atoms with Crippen molar-refractivity contribution in [2.75, 3.05) is 21.3 Å². The number of phenols is 1. The second kappa shape index (κ2) is 13.9. The maximum absolute atomic E-state index is 11.3. The summed E-state index contributed by atoms with van der Waals surface area (Å²) in [5.41, 5.74) is 13.6. The maximum atomic E-state index is 11.3. The molecule has 0 radical (unpaired) electrons. The number of benzene rings is 4. The summed E-state index contributed by atoms with van der Waals surface area (Å²) < 4.78 is 16.5. The number of phenolic OH excluding ortho intramolecular Hbond substituents is 1. The van der Waals surface area contributed by atoms with E-state index in [9.17, 15) is 5.11 Å². The van der Waals surface area contributed by atoms with Crippen LogP contribution < -0.4 is 14.2 Å². The van der Waals surface area contributed by atoms with Crippen LogP contribution in [0, 0.1) is 0 Å². The second-order valence-corrected chi connectivity index (χ2v) is 13.2. The average molecular weight is 721 g/mol. The molecule has 3 aromatic heterocycles. The number of methoxy groups -OCH3 is 3. The van der Waals surface area contributed by atoms with Crippen molar-refractivity contribution in [1.29, 1.82) is 0 Å². The van der Waals surface area contributed by atoms with E-state index in [1.54, 1.807) is 27.4 Å². The van der Waals surface area contributed by atoms with Gasteiger partial charge >= 0.3 is 0 Å². The van der Waals surface area contributed by atoms with Gasteiger partial charge in [-0.2, -0.15) is 0 Å². The van der Waals surface area contributed by atoms with E-state index in [0.29, 0.717) is 11.3 Å². The normalized spacial score (nSPS) is 11.8. The molecule has 8 bridgehead atoms. The molecule has 55 heavy (non-hydrogen) atoms. The molecule has 4 aromatic carbocycles. The number of aromatic nitrogens is 4. The van der Waals surface area contributed by atoms with E-state index in [1.165, 1.54) is 0 Å². The Morgan fingerprint density at radius 2 is 0.727 bits per heavy atom. The van der Waals surface area contributed by atoms with Gasteiger partial charge in [-0.15, -0.1) is 0 Å². The highest BCUT2D eigenvalue weighted by Crippen LogP contribution is 2.40. The number of hydrogen-bond donors (Lipinski definition) is 3. The Bertz CT molecular complexity index is 2770. The number of aromatic amines is 2. The van der Waals surface area contributed by atoms with E-state index in [4.69, 9.17) is 24.2 Å². The number of fused-ring (bicyclic) bond motifs is 8. The molecular formula is C47H36N4O4. The number of nitrogens with one attached hydrogen (secondary N) is 2. The first kappa shape index (κ1) is 33.5. The zero-order valence-electron chi connectivity index (χ0n) is 30.4. The summed E-state index contributed by atoms with van der Waals surface area (Å²) in [5.74, 6) is 2.45. The van der Waals surface area contributed by atoms with Gasteiger partial charge in [0, 0.05) is 49.9 Å². The molecular weight excluding hydrogens is 685 g/mol. The average Bonchev–Trinajstić information content (AvgIpc) is 4.07. The number of nitrogens with zero attached hydrogens (tertiary/aromatic N) is 2. The summed E-state index contributed by atoms with van der Waals surface area (Å²) in [7, 11) is 4.99. The molecule has 8 nitrogen and oxygen atoms in total. The number of rotatable bonds is 7. The number of ether oxygens (including phenoxy) is 3. The van der Waals surface area contributed by atoms with Crippen molar-refractivity contribution in [3.63, 3.8) is 0 Å². The van der Waals surface area contributed by atoms with Gasteiger partial charge in [0.1, 0.15) is 23.0 Å². The van der Waals surface area contributed by atoms with E-state index in [1.807, 2.05) is 97.1 Å². The van der Waals surface area contributed by atoms with E-state index < -0.39 is 0 Å². The standard InChI is InChI=1S/C47H36N4O4/c1-53-31-14-8-28(9-15-31)44-35-20-22-37(48-35)45(29-10-16-32(54-2)17-11-29)39-24-26-41(50-39)47(34-6-4-5-7-43(34)52)42-27-25-40(51-42)46(38-23-21-36(44)49-38)30-12-18-33(55-3)19-13-30/h4-27,48,51-52H,1-3H3. The van der Waals surface area contributed by atoms with Gasteiger partial charge in [0.25, 0.3) is 0 Å². The third-order valence-electron chi connectivity index (χ3n) is 10.1. The summed E-state index contributed by atoms with van der Waals surface area (Å²) in [6.45, 7) is 0. The van der Waals surface area contributed by atoms with Gasteiger partial charge in [0.05, 0.1) is 44.1 Å². The van der Waals surface area contributed by atoms with Crippen LogP contribution in [0.25, 0.3) is 90.9 Å². The van der Waals surface area contributed by atoms with Crippen molar-refractivity contribution < 1.29 is 19.3 Å². The molecule has 9 rings (SSSR count). The lowest BCUT2D eigenvalue weighted by Gasteiger charge is -2.08. The lowest BCUT2D eigenvalue weighted by molar-refractivity contribution is 0.415. The summed E-state index contributed by atoms with van der Waals surface area (Å²) in [5, 5.41) is 11.3. The zero-order valence-corrected chi connectivity index (χ0v) is 30.4. The summed E-state index contributed by atoms with van der Waals surface area (Å²) in [6.07, 6.45) is 8.18. The lowest BCUT2D eigenvalue weighted by Crippen LogP contribution is -1.90. The third-order valence-corrected chi connectivity index (χ3v) is 10.1. The highest BCUT2D eigenvalue weighted by molar-refractivity contribution is 6.00. The largest absolute Gasteiger partial charge is 0.507 e. The van der Waals surface area contributed by atoms with Gasteiger partial charge in [-0.25, -0.2) is 9.97 Å². The molecule has 8 heteroatoms. The molecule has 0 fully saturated rings. The SMILES string of the molecule is COc1ccc(-c2c3nc(c(-c4ccc(OC)cc4)c4ccc([nH]4)c(-c4ccccc4O)c4nc(c(-c5ccc(OC)cc5)c5ccc2[nH]5)C=C4)C=C3)cc1. The molecule has 0 unspecified atom stereocenters. The first-order valence-electron chi connectivity index (χ1n) is 17.9. The monoisotopic (exact) mass is 720 g/mol. The van der Waals surface area contributed by atoms with Gasteiger partial charge in [-0.1, -0.05) is 54.6 Å². The Kier molecular flexibility index (Phi) is 8.48. The molecule has 3 N–H and O–H groups in total. The Morgan fingerprint density at radius 3 is 1.07 bits per heavy atom. The van der Waals surface area contributed by atoms with E-state index in [0.717, 1.165) is 95.3 Å². The van der Waals surface area contributed by atoms with Crippen molar-refractivity contribution in [2.24, 2.45) is 0 Å². The van der Waals surface area contributed by atoms with Crippen LogP contribution in [0.15, 0.2) is 121 Å². The lowest BCUT2D eigenvalue weighted by atomic mass is 10.0. The van der Waals surface area contributed by atoms with Crippen LogP contribution in [0.3, 0.4) is 0 Å². The second-order valence-electron chi connectivity index (χ2n) is 13.2. The minimum atomic E-state index is 0.157. The van der Waals surface area contributed by atoms with Crippen LogP contribution in [0.4, 0.5) is 0 Å². The summed E-state index contributed by atoms with van der Waals surface area (Å²) in [6, 6.07) is 39.7. The van der Waals surface area contributed by atoms with E-state index >= 15 is 0 Å². The molecule has 5 heterocycles. The molecule has 0 atom stereocenters. The molecule has 0 saturated heterocycles. The first-order chi connectivity index (χ1) is 27.0. The number of H-pyrrole nitrogens is 2. The molecule has 0 saturated carbocycles. The van der Waals surface area contributed by atoms with Gasteiger partial charge in [-0.05, 0) is 108 Å². The topological polar surface area (TPSA) is 105 Å². The van der Waals surface area contributed by atoms with E-state index in [-0.39, 0.29) is 5.75 Å². The van der Waals surface area contributed by atoms with Gasteiger partial charge in [-0.3, -0.25) is 0 Å². The number of aromatic hydroxyl groups is 1. The van der Waals surface area contributed by atoms with Crippen LogP contribution in [-0.2, 0) is 0 Å². The Labute approximate surface area is 317 Å². The Balaban J connectivity index is 1.45. The first-order valence-corrected chi connectivity index (χ1v) is 17.9. The van der Waals surface area contributed by atoms with Crippen LogP contribution in [0.2, 0.25) is 0 Å². The molecule has 7 aromatic rings. The van der Waals surface area contributed by atoms with Crippen molar-refractivity contribution >= 4 is 46.4 Å². The summed E-state index contributed by atoms with van der Waals surface area (Å²) in [4.78, 5) is 18.1. The fourth-order valence-electron chi connectivity index (χ4n) is 7.36.